The Hall–Kier alpha value is -1.06. The van der Waals surface area contributed by atoms with Crippen molar-refractivity contribution in [3.63, 3.8) is 0 Å². The third-order valence-corrected chi connectivity index (χ3v) is 4.86. The summed E-state index contributed by atoms with van der Waals surface area (Å²) in [7, 11) is 0. The van der Waals surface area contributed by atoms with Gasteiger partial charge < -0.3 is 0 Å². The van der Waals surface area contributed by atoms with Gasteiger partial charge in [-0.05, 0) is 53.4 Å². The molecule has 2 atom stereocenters. The molecule has 0 saturated carbocycles. The first-order chi connectivity index (χ1) is 11.9. The first kappa shape index (κ1) is 24.9. The van der Waals surface area contributed by atoms with Gasteiger partial charge in [-0.3, -0.25) is 9.59 Å². The number of Topliss-reactive ketones (excluding diaryl/α,β-unsaturated/α-hetero) is 2. The number of ketones is 2. The van der Waals surface area contributed by atoms with Crippen LogP contribution >= 0.6 is 0 Å². The van der Waals surface area contributed by atoms with E-state index in [0.29, 0.717) is 37.2 Å². The first-order valence-electron chi connectivity index (χ1n) is 10.4. The highest BCUT2D eigenvalue weighted by Gasteiger charge is 2.28. The predicted octanol–water partition coefficient (Wildman–Crippen LogP) is 6.57. The lowest BCUT2D eigenvalue weighted by Crippen LogP contribution is -2.28. The van der Waals surface area contributed by atoms with Crippen LogP contribution in [0.25, 0.3) is 0 Å². The van der Waals surface area contributed by atoms with E-state index in [1.165, 1.54) is 0 Å². The molecule has 0 aromatic rings. The van der Waals surface area contributed by atoms with E-state index in [9.17, 15) is 9.59 Å². The van der Waals surface area contributed by atoms with Gasteiger partial charge in [-0.2, -0.15) is 10.2 Å². The molecule has 0 aromatic heterocycles. The lowest BCUT2D eigenvalue weighted by molar-refractivity contribution is -0.123. The Morgan fingerprint density at radius 2 is 1.04 bits per heavy atom. The second-order valence-corrected chi connectivity index (χ2v) is 9.17. The number of hydrogen-bond donors (Lipinski definition) is 0. The van der Waals surface area contributed by atoms with Crippen molar-refractivity contribution in [2.45, 2.75) is 118 Å². The Balaban J connectivity index is 4.71. The second kappa shape index (κ2) is 11.6. The smallest absolute Gasteiger partial charge is 0.135 e. The maximum atomic E-state index is 12.2. The summed E-state index contributed by atoms with van der Waals surface area (Å²) in [6.07, 6.45) is 6.75. The lowest BCUT2D eigenvalue weighted by Gasteiger charge is -2.26. The molecule has 0 bridgehead atoms. The number of carbonyl (C=O) groups excluding carboxylic acids is 2. The van der Waals surface area contributed by atoms with Gasteiger partial charge in [-0.15, -0.1) is 0 Å². The minimum atomic E-state index is -0.367. The molecule has 0 aliphatic carbocycles. The van der Waals surface area contributed by atoms with Crippen LogP contribution in [-0.4, -0.2) is 22.6 Å². The SMILES string of the molecule is CCCCC(=O)C(C)CC(C)(C)N=NC(C)(C)CC(C)C(=O)CCCC. The summed E-state index contributed by atoms with van der Waals surface area (Å²) in [5.74, 6) is 0.662. The topological polar surface area (TPSA) is 58.9 Å². The summed E-state index contributed by atoms with van der Waals surface area (Å²) in [6.45, 7) is 16.3. The number of carbonyl (C=O) groups is 2. The summed E-state index contributed by atoms with van der Waals surface area (Å²) in [6, 6.07) is 0. The maximum Gasteiger partial charge on any atom is 0.135 e. The molecule has 0 rings (SSSR count). The molecule has 0 saturated heterocycles. The Morgan fingerprint density at radius 3 is 1.31 bits per heavy atom. The molecule has 0 aliphatic heterocycles. The van der Waals surface area contributed by atoms with Gasteiger partial charge in [0.05, 0.1) is 11.1 Å². The van der Waals surface area contributed by atoms with Crippen molar-refractivity contribution in [2.75, 3.05) is 0 Å². The number of rotatable bonds is 14. The molecule has 4 nitrogen and oxygen atoms in total. The summed E-state index contributed by atoms with van der Waals surface area (Å²) in [4.78, 5) is 24.4. The van der Waals surface area contributed by atoms with Crippen LogP contribution in [0.3, 0.4) is 0 Å². The summed E-state index contributed by atoms with van der Waals surface area (Å²) >= 11 is 0. The fourth-order valence-corrected chi connectivity index (χ4v) is 3.27. The van der Waals surface area contributed by atoms with Crippen molar-refractivity contribution in [1.82, 2.24) is 0 Å². The molecule has 0 spiro atoms. The van der Waals surface area contributed by atoms with E-state index in [1.807, 2.05) is 41.5 Å². The van der Waals surface area contributed by atoms with Crippen LogP contribution in [0.4, 0.5) is 0 Å². The standard InChI is InChI=1S/C22H42N2O2/c1-9-11-13-19(25)17(3)15-21(5,6)23-24-22(7,8)16-18(4)20(26)14-12-10-2/h17-18H,9-16H2,1-8H3. The maximum absolute atomic E-state index is 12.2. The summed E-state index contributed by atoms with van der Waals surface area (Å²) in [5.41, 5.74) is -0.734. The van der Waals surface area contributed by atoms with Crippen LogP contribution in [0.2, 0.25) is 0 Å². The minimum Gasteiger partial charge on any atom is -0.299 e. The molecule has 0 radical (unpaired) electrons. The van der Waals surface area contributed by atoms with Crippen LogP contribution in [0, 0.1) is 11.8 Å². The van der Waals surface area contributed by atoms with E-state index in [-0.39, 0.29) is 22.9 Å². The number of hydrogen-bond acceptors (Lipinski definition) is 4. The Bertz CT molecular complexity index is 425. The highest BCUT2D eigenvalue weighted by molar-refractivity contribution is 5.81. The van der Waals surface area contributed by atoms with Crippen LogP contribution in [0.5, 0.6) is 0 Å². The Kier molecular flexibility index (Phi) is 11.1. The number of azo groups is 1. The lowest BCUT2D eigenvalue weighted by atomic mass is 9.87. The first-order valence-corrected chi connectivity index (χ1v) is 10.4. The van der Waals surface area contributed by atoms with Crippen molar-refractivity contribution in [3.05, 3.63) is 0 Å². The molecule has 0 heterocycles. The fraction of sp³-hybridized carbons (Fsp3) is 0.909. The van der Waals surface area contributed by atoms with Gasteiger partial charge >= 0.3 is 0 Å². The van der Waals surface area contributed by atoms with Crippen molar-refractivity contribution >= 4 is 11.6 Å². The van der Waals surface area contributed by atoms with Gasteiger partial charge in [0.1, 0.15) is 11.6 Å². The molecule has 0 fully saturated rings. The fourth-order valence-electron chi connectivity index (χ4n) is 3.27. The van der Waals surface area contributed by atoms with Gasteiger partial charge in [0.15, 0.2) is 0 Å². The summed E-state index contributed by atoms with van der Waals surface area (Å²) in [5, 5.41) is 9.13. The van der Waals surface area contributed by atoms with E-state index in [4.69, 9.17) is 0 Å². The third-order valence-electron chi connectivity index (χ3n) is 4.86. The molecular weight excluding hydrogens is 324 g/mol. The van der Waals surface area contributed by atoms with Crippen LogP contribution < -0.4 is 0 Å². The van der Waals surface area contributed by atoms with Crippen LogP contribution in [-0.2, 0) is 9.59 Å². The molecule has 4 heteroatoms. The van der Waals surface area contributed by atoms with E-state index in [2.05, 4.69) is 24.1 Å². The zero-order chi connectivity index (χ0) is 20.4. The molecule has 0 N–H and O–H groups in total. The van der Waals surface area contributed by atoms with E-state index in [0.717, 1.165) is 25.7 Å². The van der Waals surface area contributed by atoms with Gasteiger partial charge in [0.25, 0.3) is 0 Å². The van der Waals surface area contributed by atoms with Crippen molar-refractivity contribution in [2.24, 2.45) is 22.1 Å². The van der Waals surface area contributed by atoms with Gasteiger partial charge in [0.2, 0.25) is 0 Å². The van der Waals surface area contributed by atoms with Crippen LogP contribution in [0.1, 0.15) is 107 Å². The highest BCUT2D eigenvalue weighted by atomic mass is 16.1. The van der Waals surface area contributed by atoms with Crippen LogP contribution in [0.15, 0.2) is 10.2 Å². The normalized spacial score (nSPS) is 15.2. The van der Waals surface area contributed by atoms with Gasteiger partial charge in [-0.25, -0.2) is 0 Å². The molecule has 0 amide bonds. The monoisotopic (exact) mass is 366 g/mol. The number of nitrogens with zero attached hydrogens (tertiary/aromatic N) is 2. The molecular formula is C22H42N2O2. The average molecular weight is 367 g/mol. The zero-order valence-electron chi connectivity index (χ0n) is 18.5. The van der Waals surface area contributed by atoms with E-state index < -0.39 is 0 Å². The second-order valence-electron chi connectivity index (χ2n) is 9.17. The van der Waals surface area contributed by atoms with E-state index in [1.54, 1.807) is 0 Å². The van der Waals surface area contributed by atoms with Crippen molar-refractivity contribution < 1.29 is 9.59 Å². The molecule has 0 aliphatic rings. The van der Waals surface area contributed by atoms with Gasteiger partial charge in [0, 0.05) is 24.7 Å². The molecule has 2 unspecified atom stereocenters. The highest BCUT2D eigenvalue weighted by Crippen LogP contribution is 2.28. The third kappa shape index (κ3) is 10.8. The average Bonchev–Trinajstić information content (AvgIpc) is 2.55. The Morgan fingerprint density at radius 1 is 0.731 bits per heavy atom. The molecule has 152 valence electrons. The number of unbranched alkanes of at least 4 members (excludes halogenated alkanes) is 2. The molecule has 0 aromatic carbocycles. The molecule has 26 heavy (non-hydrogen) atoms. The van der Waals surface area contributed by atoms with Crippen molar-refractivity contribution in [3.8, 4) is 0 Å². The zero-order valence-corrected chi connectivity index (χ0v) is 18.5. The van der Waals surface area contributed by atoms with E-state index >= 15 is 0 Å². The summed E-state index contributed by atoms with van der Waals surface area (Å²) < 4.78 is 0. The Labute approximate surface area is 161 Å². The van der Waals surface area contributed by atoms with Gasteiger partial charge in [-0.1, -0.05) is 40.5 Å². The minimum absolute atomic E-state index is 0.00755. The quantitative estimate of drug-likeness (QED) is 0.326. The van der Waals surface area contributed by atoms with Crippen molar-refractivity contribution in [1.29, 1.82) is 0 Å². The largest absolute Gasteiger partial charge is 0.299 e. The predicted molar refractivity (Wildman–Crippen MR) is 110 cm³/mol.